The molecule has 0 saturated heterocycles. The standard InChI is InChI=1S/C11H14ClN3O2/c1-3-6-14-11(13-2)9-7-8(12)4-5-10(9)15(16)17/h4-5,7H,3,6H2,1-2H3,(H,13,14). The van der Waals surface area contributed by atoms with Gasteiger partial charge in [0.25, 0.3) is 5.69 Å². The zero-order valence-corrected chi connectivity index (χ0v) is 10.5. The fourth-order valence-corrected chi connectivity index (χ4v) is 1.57. The van der Waals surface area contributed by atoms with Crippen LogP contribution in [0.1, 0.15) is 18.9 Å². The predicted octanol–water partition coefficient (Wildman–Crippen LogP) is 2.62. The summed E-state index contributed by atoms with van der Waals surface area (Å²) >= 11 is 5.85. The molecule has 6 heteroatoms. The number of nitro benzene ring substituents is 1. The highest BCUT2D eigenvalue weighted by atomic mass is 35.5. The molecule has 1 rings (SSSR count). The largest absolute Gasteiger partial charge is 0.370 e. The molecule has 17 heavy (non-hydrogen) atoms. The minimum atomic E-state index is -0.440. The lowest BCUT2D eigenvalue weighted by Gasteiger charge is -2.09. The van der Waals surface area contributed by atoms with Crippen molar-refractivity contribution in [2.45, 2.75) is 13.3 Å². The highest BCUT2D eigenvalue weighted by Crippen LogP contribution is 2.22. The Kier molecular flexibility index (Phi) is 4.90. The normalized spacial score (nSPS) is 11.4. The van der Waals surface area contributed by atoms with Gasteiger partial charge in [-0.05, 0) is 18.6 Å². The number of benzene rings is 1. The topological polar surface area (TPSA) is 67.5 Å². The van der Waals surface area contributed by atoms with Crippen LogP contribution in [0.5, 0.6) is 0 Å². The molecule has 0 fully saturated rings. The third kappa shape index (κ3) is 3.42. The van der Waals surface area contributed by atoms with Gasteiger partial charge in [0, 0.05) is 24.7 Å². The fraction of sp³-hybridized carbons (Fsp3) is 0.364. The Morgan fingerprint density at radius 3 is 2.82 bits per heavy atom. The van der Waals surface area contributed by atoms with Crippen LogP contribution in [0.25, 0.3) is 0 Å². The molecule has 0 aromatic heterocycles. The Morgan fingerprint density at radius 2 is 2.29 bits per heavy atom. The summed E-state index contributed by atoms with van der Waals surface area (Å²) in [5, 5.41) is 14.4. The molecule has 0 unspecified atom stereocenters. The van der Waals surface area contributed by atoms with E-state index in [2.05, 4.69) is 10.3 Å². The van der Waals surface area contributed by atoms with Crippen molar-refractivity contribution in [2.24, 2.45) is 4.99 Å². The maximum Gasteiger partial charge on any atom is 0.280 e. The lowest BCUT2D eigenvalue weighted by Crippen LogP contribution is -2.26. The number of amidine groups is 1. The van der Waals surface area contributed by atoms with Crippen molar-refractivity contribution in [3.63, 3.8) is 0 Å². The van der Waals surface area contributed by atoms with Gasteiger partial charge in [0.15, 0.2) is 0 Å². The molecule has 0 bridgehead atoms. The van der Waals surface area contributed by atoms with E-state index in [1.54, 1.807) is 13.1 Å². The van der Waals surface area contributed by atoms with Gasteiger partial charge >= 0.3 is 0 Å². The first-order valence-electron chi connectivity index (χ1n) is 5.25. The first kappa shape index (κ1) is 13.4. The minimum absolute atomic E-state index is 0.00129. The summed E-state index contributed by atoms with van der Waals surface area (Å²) < 4.78 is 0. The molecule has 0 spiro atoms. The average molecular weight is 256 g/mol. The molecule has 5 nitrogen and oxygen atoms in total. The van der Waals surface area contributed by atoms with Gasteiger partial charge in [-0.25, -0.2) is 0 Å². The van der Waals surface area contributed by atoms with Crippen molar-refractivity contribution < 1.29 is 4.92 Å². The van der Waals surface area contributed by atoms with Crippen LogP contribution in [0.2, 0.25) is 5.02 Å². The summed E-state index contributed by atoms with van der Waals surface area (Å²) in [6, 6.07) is 4.43. The van der Waals surface area contributed by atoms with Crippen molar-refractivity contribution in [1.29, 1.82) is 0 Å². The van der Waals surface area contributed by atoms with Gasteiger partial charge in [-0.1, -0.05) is 18.5 Å². The molecular weight excluding hydrogens is 242 g/mol. The number of nitro groups is 1. The third-order valence-electron chi connectivity index (χ3n) is 2.18. The number of hydrogen-bond acceptors (Lipinski definition) is 3. The molecule has 1 aromatic rings. The molecule has 92 valence electrons. The molecule has 0 aliphatic carbocycles. The van der Waals surface area contributed by atoms with Gasteiger partial charge in [0.1, 0.15) is 5.84 Å². The lowest BCUT2D eigenvalue weighted by molar-refractivity contribution is -0.385. The molecule has 1 aromatic carbocycles. The molecule has 0 atom stereocenters. The molecule has 0 aliphatic heterocycles. The van der Waals surface area contributed by atoms with E-state index in [4.69, 9.17) is 11.6 Å². The number of nitrogens with one attached hydrogen (secondary N) is 1. The van der Waals surface area contributed by atoms with E-state index in [1.165, 1.54) is 12.1 Å². The highest BCUT2D eigenvalue weighted by molar-refractivity contribution is 6.31. The number of aliphatic imine (C=N–C) groups is 1. The van der Waals surface area contributed by atoms with E-state index in [9.17, 15) is 10.1 Å². The van der Waals surface area contributed by atoms with Crippen LogP contribution in [-0.4, -0.2) is 24.4 Å². The zero-order chi connectivity index (χ0) is 12.8. The van der Waals surface area contributed by atoms with Crippen molar-refractivity contribution >= 4 is 23.1 Å². The number of rotatable bonds is 4. The van der Waals surface area contributed by atoms with Crippen molar-refractivity contribution in [3.8, 4) is 0 Å². The molecule has 1 N–H and O–H groups in total. The number of nitrogens with zero attached hydrogens (tertiary/aromatic N) is 2. The minimum Gasteiger partial charge on any atom is -0.370 e. The van der Waals surface area contributed by atoms with Crippen LogP contribution in [0.15, 0.2) is 23.2 Å². The Balaban J connectivity index is 3.17. The van der Waals surface area contributed by atoms with E-state index in [-0.39, 0.29) is 5.69 Å². The second-order valence-electron chi connectivity index (χ2n) is 3.42. The van der Waals surface area contributed by atoms with Gasteiger partial charge in [0.05, 0.1) is 10.5 Å². The lowest BCUT2D eigenvalue weighted by atomic mass is 10.1. The Bertz CT molecular complexity index is 446. The first-order chi connectivity index (χ1) is 8.10. The van der Waals surface area contributed by atoms with Crippen LogP contribution in [0.4, 0.5) is 5.69 Å². The van der Waals surface area contributed by atoms with Crippen LogP contribution < -0.4 is 5.32 Å². The van der Waals surface area contributed by atoms with Crippen LogP contribution in [-0.2, 0) is 0 Å². The van der Waals surface area contributed by atoms with Gasteiger partial charge in [-0.2, -0.15) is 0 Å². The molecule has 0 radical (unpaired) electrons. The summed E-state index contributed by atoms with van der Waals surface area (Å²) in [5.74, 6) is 0.487. The van der Waals surface area contributed by atoms with Crippen LogP contribution >= 0.6 is 11.6 Å². The van der Waals surface area contributed by atoms with Gasteiger partial charge in [-0.3, -0.25) is 15.1 Å². The highest BCUT2D eigenvalue weighted by Gasteiger charge is 2.18. The SMILES string of the molecule is CCCNC(=NC)c1cc(Cl)ccc1[N+](=O)[O-]. The van der Waals surface area contributed by atoms with Crippen molar-refractivity contribution in [1.82, 2.24) is 5.32 Å². The van der Waals surface area contributed by atoms with E-state index < -0.39 is 4.92 Å². The third-order valence-corrected chi connectivity index (χ3v) is 2.41. The first-order valence-corrected chi connectivity index (χ1v) is 5.63. The van der Waals surface area contributed by atoms with E-state index in [0.717, 1.165) is 6.42 Å². The Morgan fingerprint density at radius 1 is 1.59 bits per heavy atom. The zero-order valence-electron chi connectivity index (χ0n) is 9.74. The number of hydrogen-bond donors (Lipinski definition) is 1. The summed E-state index contributed by atoms with van der Waals surface area (Å²) in [4.78, 5) is 14.5. The maximum absolute atomic E-state index is 10.9. The summed E-state index contributed by atoms with van der Waals surface area (Å²) in [6.07, 6.45) is 0.910. The van der Waals surface area contributed by atoms with Crippen molar-refractivity contribution in [3.05, 3.63) is 38.9 Å². The molecule has 0 aliphatic rings. The Hall–Kier alpha value is -1.62. The predicted molar refractivity (Wildman–Crippen MR) is 68.9 cm³/mol. The quantitative estimate of drug-likeness (QED) is 0.389. The van der Waals surface area contributed by atoms with Gasteiger partial charge in [-0.15, -0.1) is 0 Å². The van der Waals surface area contributed by atoms with E-state index in [0.29, 0.717) is 23.0 Å². The second-order valence-corrected chi connectivity index (χ2v) is 3.85. The fourth-order valence-electron chi connectivity index (χ4n) is 1.40. The van der Waals surface area contributed by atoms with E-state index >= 15 is 0 Å². The van der Waals surface area contributed by atoms with Gasteiger partial charge in [0.2, 0.25) is 0 Å². The van der Waals surface area contributed by atoms with Crippen molar-refractivity contribution in [2.75, 3.05) is 13.6 Å². The summed E-state index contributed by atoms with van der Waals surface area (Å²) in [6.45, 7) is 2.71. The van der Waals surface area contributed by atoms with Crippen LogP contribution in [0, 0.1) is 10.1 Å². The van der Waals surface area contributed by atoms with E-state index in [1.807, 2.05) is 6.92 Å². The molecule has 0 saturated carbocycles. The van der Waals surface area contributed by atoms with Gasteiger partial charge < -0.3 is 5.32 Å². The number of halogens is 1. The maximum atomic E-state index is 10.9. The molecular formula is C11H14ClN3O2. The monoisotopic (exact) mass is 255 g/mol. The summed E-state index contributed by atoms with van der Waals surface area (Å²) in [7, 11) is 1.59. The average Bonchev–Trinajstić information content (AvgIpc) is 2.29. The molecule has 0 amide bonds. The van der Waals surface area contributed by atoms with Crippen LogP contribution in [0.3, 0.4) is 0 Å². The summed E-state index contributed by atoms with van der Waals surface area (Å²) in [5.41, 5.74) is 0.414. The smallest absolute Gasteiger partial charge is 0.280 e. The molecule has 0 heterocycles. The second kappa shape index (κ2) is 6.20. The Labute approximate surface area is 105 Å².